The van der Waals surface area contributed by atoms with E-state index in [-0.39, 0.29) is 11.2 Å². The molecule has 0 unspecified atom stereocenters. The number of fused-ring (bicyclic) bond motifs is 1. The molecule has 0 saturated carbocycles. The maximum atomic E-state index is 12.9. The monoisotopic (exact) mass is 365 g/mol. The molecule has 0 spiro atoms. The van der Waals surface area contributed by atoms with Gasteiger partial charge in [0.25, 0.3) is 0 Å². The number of para-hydroxylation sites is 1. The summed E-state index contributed by atoms with van der Waals surface area (Å²) in [6, 6.07) is 17.4. The number of anilines is 2. The predicted molar refractivity (Wildman–Crippen MR) is 105 cm³/mol. The van der Waals surface area contributed by atoms with Crippen LogP contribution >= 0.6 is 11.6 Å². The van der Waals surface area contributed by atoms with Crippen LogP contribution in [0.5, 0.6) is 0 Å². The molecule has 1 aromatic heterocycles. The third-order valence-corrected chi connectivity index (χ3v) is 4.87. The molecule has 0 radical (unpaired) electrons. The van der Waals surface area contributed by atoms with Crippen LogP contribution in [0.4, 0.5) is 11.5 Å². The lowest BCUT2D eigenvalue weighted by atomic mass is 9.76. The van der Waals surface area contributed by atoms with Gasteiger partial charge >= 0.3 is 0 Å². The molecule has 26 heavy (non-hydrogen) atoms. The van der Waals surface area contributed by atoms with E-state index in [2.05, 4.69) is 19.2 Å². The van der Waals surface area contributed by atoms with Crippen LogP contribution < -0.4 is 5.32 Å². The molecule has 1 aliphatic carbocycles. The molecule has 0 amide bonds. The van der Waals surface area contributed by atoms with Gasteiger partial charge < -0.3 is 5.32 Å². The lowest BCUT2D eigenvalue weighted by Gasteiger charge is -2.29. The van der Waals surface area contributed by atoms with Gasteiger partial charge in [0.2, 0.25) is 0 Å². The second kappa shape index (κ2) is 6.29. The van der Waals surface area contributed by atoms with Crippen molar-refractivity contribution in [1.82, 2.24) is 9.78 Å². The highest BCUT2D eigenvalue weighted by Gasteiger charge is 2.36. The average Bonchev–Trinajstić information content (AvgIpc) is 2.93. The van der Waals surface area contributed by atoms with Gasteiger partial charge in [-0.05, 0) is 42.2 Å². The first kappa shape index (κ1) is 16.9. The molecule has 0 fully saturated rings. The number of Topliss-reactive ketones (excluding diaryl/α,β-unsaturated/α-hetero) is 1. The van der Waals surface area contributed by atoms with Crippen LogP contribution in [0.25, 0.3) is 5.69 Å². The average molecular weight is 366 g/mol. The van der Waals surface area contributed by atoms with E-state index in [1.165, 1.54) is 0 Å². The second-order valence-electron chi connectivity index (χ2n) is 7.49. The van der Waals surface area contributed by atoms with E-state index < -0.39 is 0 Å². The molecule has 0 saturated heterocycles. The molecule has 4 nitrogen and oxygen atoms in total. The van der Waals surface area contributed by atoms with Crippen LogP contribution in [0.1, 0.15) is 36.3 Å². The molecule has 0 bridgehead atoms. The number of carbonyl (C=O) groups excluding carboxylic acids is 1. The number of aromatic nitrogens is 2. The minimum absolute atomic E-state index is 0.0794. The Bertz CT molecular complexity index is 976. The van der Waals surface area contributed by atoms with Crippen molar-refractivity contribution in [2.24, 2.45) is 5.41 Å². The van der Waals surface area contributed by atoms with Crippen LogP contribution in [0.3, 0.4) is 0 Å². The fourth-order valence-corrected chi connectivity index (χ4v) is 3.71. The highest BCUT2D eigenvalue weighted by molar-refractivity contribution is 6.30. The van der Waals surface area contributed by atoms with Gasteiger partial charge in [-0.15, -0.1) is 5.10 Å². The molecule has 1 N–H and O–H groups in total. The summed E-state index contributed by atoms with van der Waals surface area (Å²) in [7, 11) is 0. The van der Waals surface area contributed by atoms with Crippen LogP contribution in [0.2, 0.25) is 5.02 Å². The third-order valence-electron chi connectivity index (χ3n) is 4.63. The zero-order valence-corrected chi connectivity index (χ0v) is 15.5. The molecule has 5 heteroatoms. The van der Waals surface area contributed by atoms with E-state index in [1.54, 1.807) is 0 Å². The highest BCUT2D eigenvalue weighted by atomic mass is 35.5. The van der Waals surface area contributed by atoms with Gasteiger partial charge in [-0.2, -0.15) is 0 Å². The Morgan fingerprint density at radius 2 is 1.85 bits per heavy atom. The summed E-state index contributed by atoms with van der Waals surface area (Å²) >= 11 is 6.09. The lowest BCUT2D eigenvalue weighted by Crippen LogP contribution is -2.28. The summed E-state index contributed by atoms with van der Waals surface area (Å²) in [5.41, 5.74) is 3.34. The van der Waals surface area contributed by atoms with Gasteiger partial charge in [0.1, 0.15) is 0 Å². The summed E-state index contributed by atoms with van der Waals surface area (Å²) in [6.45, 7) is 4.25. The maximum absolute atomic E-state index is 12.9. The maximum Gasteiger partial charge on any atom is 0.169 e. The van der Waals surface area contributed by atoms with Crippen molar-refractivity contribution in [3.05, 3.63) is 70.9 Å². The number of rotatable bonds is 3. The Balaban J connectivity index is 1.85. The molecule has 132 valence electrons. The topological polar surface area (TPSA) is 46.9 Å². The third kappa shape index (κ3) is 3.13. The fraction of sp³-hybridized carbons (Fsp3) is 0.238. The number of benzene rings is 2. The van der Waals surface area contributed by atoms with Gasteiger partial charge in [0.05, 0.1) is 16.9 Å². The van der Waals surface area contributed by atoms with E-state index in [0.717, 1.165) is 23.5 Å². The molecular formula is C21H20ClN3O. The zero-order chi connectivity index (χ0) is 18.3. The van der Waals surface area contributed by atoms with Crippen LogP contribution in [0.15, 0.2) is 54.6 Å². The molecule has 0 aliphatic heterocycles. The van der Waals surface area contributed by atoms with E-state index in [9.17, 15) is 4.79 Å². The molecule has 4 rings (SSSR count). The predicted octanol–water partition coefficient (Wildman–Crippen LogP) is 5.42. The molecule has 0 atom stereocenters. The summed E-state index contributed by atoms with van der Waals surface area (Å²) < 4.78 is 1.89. The Morgan fingerprint density at radius 1 is 1.08 bits per heavy atom. The first-order valence-electron chi connectivity index (χ1n) is 8.66. The quantitative estimate of drug-likeness (QED) is 0.673. The first-order chi connectivity index (χ1) is 12.4. The Morgan fingerprint density at radius 3 is 2.58 bits per heavy atom. The van der Waals surface area contributed by atoms with Crippen molar-refractivity contribution < 1.29 is 4.79 Å². The van der Waals surface area contributed by atoms with Crippen molar-refractivity contribution in [1.29, 1.82) is 0 Å². The zero-order valence-electron chi connectivity index (χ0n) is 14.8. The summed E-state index contributed by atoms with van der Waals surface area (Å²) in [4.78, 5) is 12.9. The number of nitrogens with one attached hydrogen (secondary N) is 1. The molecule has 1 heterocycles. The molecule has 2 aromatic carbocycles. The van der Waals surface area contributed by atoms with E-state index >= 15 is 0 Å². The Kier molecular flexibility index (Phi) is 4.08. The van der Waals surface area contributed by atoms with Crippen molar-refractivity contribution in [3.8, 4) is 5.69 Å². The Hall–Kier alpha value is -2.59. The second-order valence-corrected chi connectivity index (χ2v) is 7.93. The SMILES string of the molecule is CC1(C)CC(=O)c2c(Nc3cccc(Cl)c3)nn(-c3ccccc3)c2C1. The van der Waals surface area contributed by atoms with Gasteiger partial charge in [-0.25, -0.2) is 4.68 Å². The smallest absolute Gasteiger partial charge is 0.169 e. The summed E-state index contributed by atoms with van der Waals surface area (Å²) in [5.74, 6) is 0.717. The van der Waals surface area contributed by atoms with Crippen molar-refractivity contribution >= 4 is 28.9 Å². The molecular weight excluding hydrogens is 346 g/mol. The van der Waals surface area contributed by atoms with Gasteiger partial charge in [-0.3, -0.25) is 4.79 Å². The van der Waals surface area contributed by atoms with Crippen molar-refractivity contribution in [2.45, 2.75) is 26.7 Å². The van der Waals surface area contributed by atoms with E-state index in [1.807, 2.05) is 59.3 Å². The largest absolute Gasteiger partial charge is 0.338 e. The first-order valence-corrected chi connectivity index (χ1v) is 9.04. The van der Waals surface area contributed by atoms with Gasteiger partial charge in [-0.1, -0.05) is 49.7 Å². The number of halogens is 1. The van der Waals surface area contributed by atoms with E-state index in [4.69, 9.17) is 16.7 Å². The minimum Gasteiger partial charge on any atom is -0.338 e. The lowest BCUT2D eigenvalue weighted by molar-refractivity contribution is 0.0912. The van der Waals surface area contributed by atoms with Gasteiger partial charge in [0.15, 0.2) is 11.6 Å². The summed E-state index contributed by atoms with van der Waals surface area (Å²) in [6.07, 6.45) is 1.32. The standard InChI is InChI=1S/C21H20ClN3O/c1-21(2)12-17-19(18(26)13-21)20(23-15-8-6-7-14(22)11-15)24-25(17)16-9-4-3-5-10-16/h3-11H,12-13H2,1-2H3,(H,23,24). The number of ketones is 1. The molecule has 1 aliphatic rings. The minimum atomic E-state index is -0.0794. The van der Waals surface area contributed by atoms with Crippen LogP contribution in [-0.4, -0.2) is 15.6 Å². The number of nitrogens with zero attached hydrogens (tertiary/aromatic N) is 2. The number of carbonyl (C=O) groups is 1. The highest BCUT2D eigenvalue weighted by Crippen LogP contribution is 2.39. The van der Waals surface area contributed by atoms with Crippen LogP contribution in [-0.2, 0) is 6.42 Å². The fourth-order valence-electron chi connectivity index (χ4n) is 3.52. The van der Waals surface area contributed by atoms with Crippen LogP contribution in [0, 0.1) is 5.41 Å². The van der Waals surface area contributed by atoms with Gasteiger partial charge in [0, 0.05) is 17.1 Å². The van der Waals surface area contributed by atoms with E-state index in [0.29, 0.717) is 22.8 Å². The Labute approximate surface area is 157 Å². The molecule has 3 aromatic rings. The van der Waals surface area contributed by atoms with Crippen molar-refractivity contribution in [2.75, 3.05) is 5.32 Å². The number of hydrogen-bond acceptors (Lipinski definition) is 3. The normalized spacial score (nSPS) is 15.6. The number of hydrogen-bond donors (Lipinski definition) is 1. The van der Waals surface area contributed by atoms with Crippen molar-refractivity contribution in [3.63, 3.8) is 0 Å². The summed E-state index contributed by atoms with van der Waals surface area (Å²) in [5, 5.41) is 8.67.